The van der Waals surface area contributed by atoms with Gasteiger partial charge in [0, 0.05) is 23.9 Å². The summed E-state index contributed by atoms with van der Waals surface area (Å²) < 4.78 is 0. The van der Waals surface area contributed by atoms with Gasteiger partial charge in [0.2, 0.25) is 5.91 Å². The van der Waals surface area contributed by atoms with Gasteiger partial charge in [0.1, 0.15) is 0 Å². The lowest BCUT2D eigenvalue weighted by molar-refractivity contribution is -0.117. The van der Waals surface area contributed by atoms with E-state index in [1.807, 2.05) is 36.1 Å². The van der Waals surface area contributed by atoms with Crippen molar-refractivity contribution in [3.8, 4) is 0 Å². The molecule has 1 heterocycles. The first-order valence-electron chi connectivity index (χ1n) is 4.72. The zero-order valence-electron chi connectivity index (χ0n) is 8.10. The van der Waals surface area contributed by atoms with E-state index in [2.05, 4.69) is 12.6 Å². The molecule has 3 heteroatoms. The van der Waals surface area contributed by atoms with Crippen molar-refractivity contribution in [2.45, 2.75) is 18.6 Å². The summed E-state index contributed by atoms with van der Waals surface area (Å²) in [6.07, 6.45) is 0.553. The predicted molar refractivity (Wildman–Crippen MR) is 60.9 cm³/mol. The van der Waals surface area contributed by atoms with E-state index in [0.717, 1.165) is 12.2 Å². The van der Waals surface area contributed by atoms with Crippen LogP contribution in [-0.4, -0.2) is 17.7 Å². The number of hydrogen-bond acceptors (Lipinski definition) is 2. The lowest BCUT2D eigenvalue weighted by Crippen LogP contribution is -2.24. The van der Waals surface area contributed by atoms with Crippen molar-refractivity contribution in [2.75, 3.05) is 11.4 Å². The number of benzene rings is 1. The predicted octanol–water partition coefficient (Wildman–Crippen LogP) is 2.03. The van der Waals surface area contributed by atoms with Crippen molar-refractivity contribution in [3.05, 3.63) is 29.8 Å². The molecule has 1 atom stereocenters. The van der Waals surface area contributed by atoms with Crippen LogP contribution in [-0.2, 0) is 4.79 Å². The minimum absolute atomic E-state index is 0.176. The van der Waals surface area contributed by atoms with E-state index in [0.29, 0.717) is 6.42 Å². The number of anilines is 1. The highest BCUT2D eigenvalue weighted by Gasteiger charge is 2.27. The molecule has 1 aromatic rings. The number of amides is 1. The standard InChI is InChI=1S/C11H13NOS/c1-8-3-2-4-9(5-8)12-7-10(14)6-11(12)13/h2-5,10,14H,6-7H2,1H3. The van der Waals surface area contributed by atoms with Crippen LogP contribution >= 0.6 is 12.6 Å². The van der Waals surface area contributed by atoms with E-state index in [9.17, 15) is 4.79 Å². The lowest BCUT2D eigenvalue weighted by Gasteiger charge is -2.16. The van der Waals surface area contributed by atoms with Gasteiger partial charge in [-0.25, -0.2) is 0 Å². The van der Waals surface area contributed by atoms with Gasteiger partial charge in [0.25, 0.3) is 0 Å². The number of nitrogens with zero attached hydrogens (tertiary/aromatic N) is 1. The molecule has 1 fully saturated rings. The zero-order chi connectivity index (χ0) is 10.1. The normalized spacial score (nSPS) is 21.7. The largest absolute Gasteiger partial charge is 0.311 e. The molecule has 2 nitrogen and oxygen atoms in total. The van der Waals surface area contributed by atoms with E-state index in [-0.39, 0.29) is 11.2 Å². The molecule has 1 saturated heterocycles. The van der Waals surface area contributed by atoms with Gasteiger partial charge in [-0.05, 0) is 24.6 Å². The van der Waals surface area contributed by atoms with Crippen molar-refractivity contribution in [1.29, 1.82) is 0 Å². The Kier molecular flexibility index (Phi) is 2.50. The highest BCUT2D eigenvalue weighted by molar-refractivity contribution is 7.81. The Hall–Kier alpha value is -0.960. The second-order valence-electron chi connectivity index (χ2n) is 3.70. The first-order valence-corrected chi connectivity index (χ1v) is 5.23. The maximum Gasteiger partial charge on any atom is 0.228 e. The molecular formula is C11H13NOS. The van der Waals surface area contributed by atoms with Crippen molar-refractivity contribution in [2.24, 2.45) is 0 Å². The summed E-state index contributed by atoms with van der Waals surface area (Å²) in [6.45, 7) is 2.76. The first kappa shape index (κ1) is 9.59. The van der Waals surface area contributed by atoms with Crippen molar-refractivity contribution >= 4 is 24.2 Å². The van der Waals surface area contributed by atoms with Gasteiger partial charge in [0.15, 0.2) is 0 Å². The molecule has 0 aliphatic carbocycles. The molecule has 0 radical (unpaired) electrons. The summed E-state index contributed by atoms with van der Waals surface area (Å²) >= 11 is 4.32. The molecule has 1 unspecified atom stereocenters. The SMILES string of the molecule is Cc1cccc(N2CC(S)CC2=O)c1. The maximum absolute atomic E-state index is 11.6. The minimum Gasteiger partial charge on any atom is -0.311 e. The first-order chi connectivity index (χ1) is 6.66. The van der Waals surface area contributed by atoms with Crippen molar-refractivity contribution in [3.63, 3.8) is 0 Å². The van der Waals surface area contributed by atoms with Gasteiger partial charge < -0.3 is 4.90 Å². The second kappa shape index (κ2) is 3.65. The van der Waals surface area contributed by atoms with Crippen LogP contribution in [0.4, 0.5) is 5.69 Å². The molecular weight excluding hydrogens is 194 g/mol. The summed E-state index contributed by atoms with van der Waals surface area (Å²) in [7, 11) is 0. The molecule has 0 saturated carbocycles. The summed E-state index contributed by atoms with van der Waals surface area (Å²) in [6, 6.07) is 8.01. The molecule has 14 heavy (non-hydrogen) atoms. The number of rotatable bonds is 1. The van der Waals surface area contributed by atoms with Crippen LogP contribution < -0.4 is 4.90 Å². The molecule has 0 bridgehead atoms. The zero-order valence-corrected chi connectivity index (χ0v) is 9.00. The van der Waals surface area contributed by atoms with Gasteiger partial charge >= 0.3 is 0 Å². The summed E-state index contributed by atoms with van der Waals surface area (Å²) in [5, 5.41) is 0.183. The Morgan fingerprint density at radius 1 is 1.50 bits per heavy atom. The van der Waals surface area contributed by atoms with Gasteiger partial charge in [-0.15, -0.1) is 0 Å². The Bertz CT molecular complexity index is 364. The van der Waals surface area contributed by atoms with Crippen LogP contribution in [0.25, 0.3) is 0 Å². The molecule has 0 spiro atoms. The fourth-order valence-corrected chi connectivity index (χ4v) is 2.05. The second-order valence-corrected chi connectivity index (χ2v) is 4.43. The third-order valence-electron chi connectivity index (χ3n) is 2.42. The molecule has 1 aliphatic rings. The monoisotopic (exact) mass is 207 g/mol. The summed E-state index contributed by atoms with van der Waals surface area (Å²) in [5.41, 5.74) is 2.17. The number of carbonyl (C=O) groups is 1. The summed E-state index contributed by atoms with van der Waals surface area (Å²) in [5.74, 6) is 0.176. The highest BCUT2D eigenvalue weighted by Crippen LogP contribution is 2.24. The van der Waals surface area contributed by atoms with Crippen molar-refractivity contribution < 1.29 is 4.79 Å². The quantitative estimate of drug-likeness (QED) is 0.699. The third-order valence-corrected chi connectivity index (χ3v) is 2.76. The average molecular weight is 207 g/mol. The fraction of sp³-hybridized carbons (Fsp3) is 0.364. The Labute approximate surface area is 89.3 Å². The molecule has 2 rings (SSSR count). The van der Waals surface area contributed by atoms with E-state index >= 15 is 0 Å². The Morgan fingerprint density at radius 3 is 2.86 bits per heavy atom. The highest BCUT2D eigenvalue weighted by atomic mass is 32.1. The number of aryl methyl sites for hydroxylation is 1. The van der Waals surface area contributed by atoms with Crippen LogP contribution in [0.3, 0.4) is 0 Å². The molecule has 1 aromatic carbocycles. The van der Waals surface area contributed by atoms with E-state index in [1.165, 1.54) is 5.56 Å². The maximum atomic E-state index is 11.6. The molecule has 1 aliphatic heterocycles. The van der Waals surface area contributed by atoms with Crippen LogP contribution in [0.1, 0.15) is 12.0 Å². The van der Waals surface area contributed by atoms with Gasteiger partial charge in [-0.3, -0.25) is 4.79 Å². The topological polar surface area (TPSA) is 20.3 Å². The van der Waals surface area contributed by atoms with Crippen LogP contribution in [0.5, 0.6) is 0 Å². The van der Waals surface area contributed by atoms with E-state index in [4.69, 9.17) is 0 Å². The Morgan fingerprint density at radius 2 is 2.29 bits per heavy atom. The van der Waals surface area contributed by atoms with Crippen molar-refractivity contribution in [1.82, 2.24) is 0 Å². The molecule has 1 amide bonds. The van der Waals surface area contributed by atoms with E-state index < -0.39 is 0 Å². The summed E-state index contributed by atoms with van der Waals surface area (Å²) in [4.78, 5) is 13.4. The number of thiol groups is 1. The third kappa shape index (κ3) is 1.77. The lowest BCUT2D eigenvalue weighted by atomic mass is 10.2. The molecule has 0 N–H and O–H groups in total. The minimum atomic E-state index is 0.176. The van der Waals surface area contributed by atoms with E-state index in [1.54, 1.807) is 0 Å². The van der Waals surface area contributed by atoms with Crippen LogP contribution in [0.15, 0.2) is 24.3 Å². The number of hydrogen-bond donors (Lipinski definition) is 1. The van der Waals surface area contributed by atoms with Gasteiger partial charge in [-0.1, -0.05) is 12.1 Å². The molecule has 74 valence electrons. The fourth-order valence-electron chi connectivity index (χ4n) is 1.73. The Balaban J connectivity index is 2.27. The smallest absolute Gasteiger partial charge is 0.228 e. The van der Waals surface area contributed by atoms with Crippen LogP contribution in [0, 0.1) is 6.92 Å². The van der Waals surface area contributed by atoms with Crippen LogP contribution in [0.2, 0.25) is 0 Å². The van der Waals surface area contributed by atoms with Gasteiger partial charge in [0.05, 0.1) is 0 Å². The van der Waals surface area contributed by atoms with Gasteiger partial charge in [-0.2, -0.15) is 12.6 Å². The molecule has 0 aromatic heterocycles. The number of carbonyl (C=O) groups excluding carboxylic acids is 1. The average Bonchev–Trinajstić information content (AvgIpc) is 2.45.